The summed E-state index contributed by atoms with van der Waals surface area (Å²) in [5, 5.41) is 0. The van der Waals surface area contributed by atoms with Crippen LogP contribution in [-0.4, -0.2) is 12.1 Å². The SMILES string of the molecule is CCCCCCC(C)OC(=O)C(C)CC(C)C. The summed E-state index contributed by atoms with van der Waals surface area (Å²) in [4.78, 5) is 11.8. The molecule has 0 N–H and O–H groups in total. The Labute approximate surface area is 107 Å². The highest BCUT2D eigenvalue weighted by Crippen LogP contribution is 2.15. The van der Waals surface area contributed by atoms with Crippen molar-refractivity contribution in [1.29, 1.82) is 0 Å². The van der Waals surface area contributed by atoms with Gasteiger partial charge < -0.3 is 4.74 Å². The summed E-state index contributed by atoms with van der Waals surface area (Å²) in [6.07, 6.45) is 6.95. The fourth-order valence-electron chi connectivity index (χ4n) is 2.04. The lowest BCUT2D eigenvalue weighted by molar-refractivity contribution is -0.153. The Hall–Kier alpha value is -0.530. The van der Waals surface area contributed by atoms with Crippen molar-refractivity contribution in [2.75, 3.05) is 0 Å². The zero-order valence-corrected chi connectivity index (χ0v) is 12.3. The van der Waals surface area contributed by atoms with Gasteiger partial charge in [-0.3, -0.25) is 4.79 Å². The number of hydrogen-bond acceptors (Lipinski definition) is 2. The molecule has 2 nitrogen and oxygen atoms in total. The summed E-state index contributed by atoms with van der Waals surface area (Å²) in [7, 11) is 0. The molecule has 0 bridgehead atoms. The van der Waals surface area contributed by atoms with Gasteiger partial charge in [0.1, 0.15) is 0 Å². The van der Waals surface area contributed by atoms with Gasteiger partial charge >= 0.3 is 5.97 Å². The van der Waals surface area contributed by atoms with Gasteiger partial charge in [-0.05, 0) is 32.1 Å². The maximum atomic E-state index is 11.8. The molecule has 0 fully saturated rings. The molecule has 0 aromatic heterocycles. The summed E-state index contributed by atoms with van der Waals surface area (Å²) in [6, 6.07) is 0. The van der Waals surface area contributed by atoms with Crippen LogP contribution < -0.4 is 0 Å². The Bertz CT molecular complexity index is 199. The summed E-state index contributed by atoms with van der Waals surface area (Å²) in [5.74, 6) is 0.562. The average Bonchev–Trinajstić information content (AvgIpc) is 2.23. The minimum Gasteiger partial charge on any atom is -0.462 e. The van der Waals surface area contributed by atoms with Gasteiger partial charge in [-0.2, -0.15) is 0 Å². The van der Waals surface area contributed by atoms with E-state index in [2.05, 4.69) is 20.8 Å². The van der Waals surface area contributed by atoms with Crippen molar-refractivity contribution in [3.63, 3.8) is 0 Å². The minimum absolute atomic E-state index is 0.0262. The molecule has 0 spiro atoms. The van der Waals surface area contributed by atoms with Crippen molar-refractivity contribution in [2.45, 2.75) is 79.2 Å². The molecule has 0 amide bonds. The van der Waals surface area contributed by atoms with Gasteiger partial charge in [0.05, 0.1) is 12.0 Å². The van der Waals surface area contributed by atoms with E-state index < -0.39 is 0 Å². The zero-order chi connectivity index (χ0) is 13.3. The van der Waals surface area contributed by atoms with Crippen LogP contribution in [0.3, 0.4) is 0 Å². The zero-order valence-electron chi connectivity index (χ0n) is 12.3. The van der Waals surface area contributed by atoms with Crippen molar-refractivity contribution in [3.05, 3.63) is 0 Å². The third-order valence-corrected chi connectivity index (χ3v) is 3.01. The third-order valence-electron chi connectivity index (χ3n) is 3.01. The molecule has 0 saturated carbocycles. The molecule has 0 saturated heterocycles. The van der Waals surface area contributed by atoms with Gasteiger partial charge in [-0.1, -0.05) is 47.0 Å². The molecule has 0 heterocycles. The molecular formula is C15H30O2. The second-order valence-electron chi connectivity index (χ2n) is 5.63. The van der Waals surface area contributed by atoms with Crippen molar-refractivity contribution < 1.29 is 9.53 Å². The Morgan fingerprint density at radius 3 is 2.24 bits per heavy atom. The van der Waals surface area contributed by atoms with E-state index in [9.17, 15) is 4.79 Å². The molecule has 0 aliphatic heterocycles. The van der Waals surface area contributed by atoms with Crippen LogP contribution in [0.1, 0.15) is 73.1 Å². The van der Waals surface area contributed by atoms with Crippen LogP contribution in [0.25, 0.3) is 0 Å². The van der Waals surface area contributed by atoms with Crippen LogP contribution in [0.15, 0.2) is 0 Å². The first kappa shape index (κ1) is 16.5. The fraction of sp³-hybridized carbons (Fsp3) is 0.933. The van der Waals surface area contributed by atoms with E-state index in [0.717, 1.165) is 12.8 Å². The first-order valence-corrected chi connectivity index (χ1v) is 7.17. The second-order valence-corrected chi connectivity index (χ2v) is 5.63. The third kappa shape index (κ3) is 9.20. The first-order chi connectivity index (χ1) is 7.97. The molecule has 2 heteroatoms. The molecule has 0 aliphatic carbocycles. The summed E-state index contributed by atoms with van der Waals surface area (Å²) < 4.78 is 5.45. The lowest BCUT2D eigenvalue weighted by Crippen LogP contribution is -2.21. The standard InChI is InChI=1S/C15H30O2/c1-6-7-8-9-10-14(5)17-15(16)13(4)11-12(2)3/h12-14H,6-11H2,1-5H3. The second kappa shape index (κ2) is 9.49. The molecule has 0 aromatic carbocycles. The lowest BCUT2D eigenvalue weighted by Gasteiger charge is -2.17. The predicted octanol–water partition coefficient (Wildman–Crippen LogP) is 4.57. The molecule has 2 atom stereocenters. The Kier molecular flexibility index (Phi) is 9.20. The van der Waals surface area contributed by atoms with Crippen LogP contribution in [0.2, 0.25) is 0 Å². The number of ether oxygens (including phenoxy) is 1. The minimum atomic E-state index is -0.0262. The van der Waals surface area contributed by atoms with Crippen LogP contribution in [0.5, 0.6) is 0 Å². The molecule has 0 rings (SSSR count). The molecular weight excluding hydrogens is 212 g/mol. The molecule has 17 heavy (non-hydrogen) atoms. The van der Waals surface area contributed by atoms with Gasteiger partial charge in [-0.25, -0.2) is 0 Å². The fourth-order valence-corrected chi connectivity index (χ4v) is 2.04. The van der Waals surface area contributed by atoms with Crippen molar-refractivity contribution in [2.24, 2.45) is 11.8 Å². The highest BCUT2D eigenvalue weighted by molar-refractivity contribution is 5.72. The molecule has 0 radical (unpaired) electrons. The topological polar surface area (TPSA) is 26.3 Å². The van der Waals surface area contributed by atoms with Crippen LogP contribution in [-0.2, 0) is 9.53 Å². The number of esters is 1. The summed E-state index contributed by atoms with van der Waals surface area (Å²) >= 11 is 0. The Morgan fingerprint density at radius 1 is 1.06 bits per heavy atom. The molecule has 2 unspecified atom stereocenters. The van der Waals surface area contributed by atoms with E-state index >= 15 is 0 Å². The van der Waals surface area contributed by atoms with Crippen molar-refractivity contribution in [3.8, 4) is 0 Å². The monoisotopic (exact) mass is 242 g/mol. The summed E-state index contributed by atoms with van der Waals surface area (Å²) in [5.41, 5.74) is 0. The number of carbonyl (C=O) groups is 1. The van der Waals surface area contributed by atoms with E-state index in [1.54, 1.807) is 0 Å². The predicted molar refractivity (Wildman–Crippen MR) is 72.9 cm³/mol. The van der Waals surface area contributed by atoms with Crippen LogP contribution in [0.4, 0.5) is 0 Å². The van der Waals surface area contributed by atoms with Gasteiger partial charge in [-0.15, -0.1) is 0 Å². The quantitative estimate of drug-likeness (QED) is 0.437. The van der Waals surface area contributed by atoms with E-state index in [1.807, 2.05) is 13.8 Å². The molecule has 0 aliphatic rings. The van der Waals surface area contributed by atoms with E-state index in [-0.39, 0.29) is 18.0 Å². The Morgan fingerprint density at radius 2 is 1.71 bits per heavy atom. The van der Waals surface area contributed by atoms with Gasteiger partial charge in [0.25, 0.3) is 0 Å². The van der Waals surface area contributed by atoms with E-state index in [1.165, 1.54) is 25.7 Å². The number of unbranched alkanes of at least 4 members (excludes halogenated alkanes) is 3. The smallest absolute Gasteiger partial charge is 0.308 e. The number of carbonyl (C=O) groups excluding carboxylic acids is 1. The van der Waals surface area contributed by atoms with E-state index in [0.29, 0.717) is 5.92 Å². The number of rotatable bonds is 9. The summed E-state index contributed by atoms with van der Waals surface area (Å²) in [6.45, 7) is 10.4. The highest BCUT2D eigenvalue weighted by Gasteiger charge is 2.18. The lowest BCUT2D eigenvalue weighted by atomic mass is 9.99. The molecule has 0 aromatic rings. The van der Waals surface area contributed by atoms with Crippen molar-refractivity contribution in [1.82, 2.24) is 0 Å². The molecule has 102 valence electrons. The van der Waals surface area contributed by atoms with Gasteiger partial charge in [0.2, 0.25) is 0 Å². The number of hydrogen-bond donors (Lipinski definition) is 0. The maximum Gasteiger partial charge on any atom is 0.308 e. The van der Waals surface area contributed by atoms with Gasteiger partial charge in [0, 0.05) is 0 Å². The van der Waals surface area contributed by atoms with Gasteiger partial charge in [0.15, 0.2) is 0 Å². The normalized spacial score (nSPS) is 14.7. The highest BCUT2D eigenvalue weighted by atomic mass is 16.5. The maximum absolute atomic E-state index is 11.8. The van der Waals surface area contributed by atoms with Crippen molar-refractivity contribution >= 4 is 5.97 Å². The average molecular weight is 242 g/mol. The van der Waals surface area contributed by atoms with E-state index in [4.69, 9.17) is 4.74 Å². The largest absolute Gasteiger partial charge is 0.462 e. The first-order valence-electron chi connectivity index (χ1n) is 7.17. The van der Waals surface area contributed by atoms with Crippen LogP contribution >= 0.6 is 0 Å². The Balaban J connectivity index is 3.71. The van der Waals surface area contributed by atoms with Crippen LogP contribution in [0, 0.1) is 11.8 Å².